The maximum atomic E-state index is 14.1. The molecule has 0 aromatic heterocycles. The lowest BCUT2D eigenvalue weighted by molar-refractivity contribution is 0.460. The summed E-state index contributed by atoms with van der Waals surface area (Å²) in [5, 5.41) is 11.0. The van der Waals surface area contributed by atoms with Crippen molar-refractivity contribution in [2.45, 2.75) is 12.8 Å². The Hall–Kier alpha value is -2.06. The molecular weight excluding hydrogens is 299 g/mol. The Labute approximate surface area is 134 Å². The number of halogens is 2. The van der Waals surface area contributed by atoms with Gasteiger partial charge in [0.2, 0.25) is 0 Å². The standard InChI is InChI=1S/C19H16ClFO/c1-12-6-2-3-7-13(12)14-8-4-9-15(19(14)22)18-16(20)10-5-11-17(18)21/h2-13,22H,1H3. The average Bonchev–Trinajstić information content (AvgIpc) is 2.50. The second-order valence-corrected chi connectivity index (χ2v) is 5.90. The molecule has 1 N–H and O–H groups in total. The van der Waals surface area contributed by atoms with E-state index in [0.717, 1.165) is 5.56 Å². The number of phenols is 1. The quantitative estimate of drug-likeness (QED) is 0.754. The Kier molecular flexibility index (Phi) is 4.04. The number of benzene rings is 2. The van der Waals surface area contributed by atoms with Crippen molar-refractivity contribution in [3.63, 3.8) is 0 Å². The second-order valence-electron chi connectivity index (χ2n) is 5.49. The van der Waals surface area contributed by atoms with E-state index in [9.17, 15) is 9.50 Å². The Morgan fingerprint density at radius 3 is 2.50 bits per heavy atom. The van der Waals surface area contributed by atoms with E-state index in [4.69, 9.17) is 11.6 Å². The van der Waals surface area contributed by atoms with Crippen molar-refractivity contribution in [2.24, 2.45) is 5.92 Å². The average molecular weight is 315 g/mol. The highest BCUT2D eigenvalue weighted by Crippen LogP contribution is 2.42. The molecule has 1 aliphatic rings. The van der Waals surface area contributed by atoms with Crippen LogP contribution in [0.4, 0.5) is 4.39 Å². The van der Waals surface area contributed by atoms with E-state index in [1.807, 2.05) is 30.4 Å². The molecule has 1 aliphatic carbocycles. The molecule has 0 amide bonds. The van der Waals surface area contributed by atoms with E-state index in [2.05, 4.69) is 13.0 Å². The van der Waals surface area contributed by atoms with Crippen LogP contribution in [0.25, 0.3) is 11.1 Å². The summed E-state index contributed by atoms with van der Waals surface area (Å²) < 4.78 is 14.1. The highest BCUT2D eigenvalue weighted by atomic mass is 35.5. The third-order valence-corrected chi connectivity index (χ3v) is 4.38. The van der Waals surface area contributed by atoms with Crippen LogP contribution in [0.3, 0.4) is 0 Å². The molecule has 3 rings (SSSR count). The molecule has 0 heterocycles. The van der Waals surface area contributed by atoms with Gasteiger partial charge in [-0.3, -0.25) is 0 Å². The van der Waals surface area contributed by atoms with Crippen molar-refractivity contribution < 1.29 is 9.50 Å². The highest BCUT2D eigenvalue weighted by molar-refractivity contribution is 6.33. The van der Waals surface area contributed by atoms with Crippen molar-refractivity contribution >= 4 is 11.6 Å². The lowest BCUT2D eigenvalue weighted by Crippen LogP contribution is -2.08. The van der Waals surface area contributed by atoms with Gasteiger partial charge in [0.15, 0.2) is 0 Å². The summed E-state index contributed by atoms with van der Waals surface area (Å²) in [5.41, 5.74) is 1.45. The smallest absolute Gasteiger partial charge is 0.132 e. The first kappa shape index (κ1) is 14.9. The number of hydrogen-bond donors (Lipinski definition) is 1. The van der Waals surface area contributed by atoms with Gasteiger partial charge in [0.05, 0.1) is 5.02 Å². The summed E-state index contributed by atoms with van der Waals surface area (Å²) in [6.07, 6.45) is 8.10. The summed E-state index contributed by atoms with van der Waals surface area (Å²) in [6.45, 7) is 2.09. The van der Waals surface area contributed by atoms with Crippen molar-refractivity contribution in [1.29, 1.82) is 0 Å². The van der Waals surface area contributed by atoms with Gasteiger partial charge in [0.25, 0.3) is 0 Å². The van der Waals surface area contributed by atoms with Gasteiger partial charge in [-0.15, -0.1) is 0 Å². The fourth-order valence-corrected chi connectivity index (χ4v) is 3.16. The third-order valence-electron chi connectivity index (χ3n) is 4.07. The zero-order valence-corrected chi connectivity index (χ0v) is 12.9. The van der Waals surface area contributed by atoms with Gasteiger partial charge in [-0.1, -0.05) is 67.1 Å². The van der Waals surface area contributed by atoms with Crippen LogP contribution in [-0.2, 0) is 0 Å². The molecule has 0 saturated heterocycles. The molecule has 112 valence electrons. The largest absolute Gasteiger partial charge is 0.507 e. The summed E-state index contributed by atoms with van der Waals surface area (Å²) in [5.74, 6) is -0.0175. The van der Waals surface area contributed by atoms with Crippen LogP contribution in [-0.4, -0.2) is 5.11 Å². The van der Waals surface area contributed by atoms with Gasteiger partial charge in [-0.2, -0.15) is 0 Å². The van der Waals surface area contributed by atoms with Crippen molar-refractivity contribution in [1.82, 2.24) is 0 Å². The highest BCUT2D eigenvalue weighted by Gasteiger charge is 2.22. The minimum atomic E-state index is -0.438. The molecule has 22 heavy (non-hydrogen) atoms. The number of hydrogen-bond acceptors (Lipinski definition) is 1. The molecule has 2 aromatic rings. The molecule has 0 spiro atoms. The minimum absolute atomic E-state index is 0.0653. The first-order valence-electron chi connectivity index (χ1n) is 7.21. The summed E-state index contributed by atoms with van der Waals surface area (Å²) in [4.78, 5) is 0. The summed E-state index contributed by atoms with van der Waals surface area (Å²) in [6, 6.07) is 9.91. The topological polar surface area (TPSA) is 20.2 Å². The lowest BCUT2D eigenvalue weighted by Gasteiger charge is -2.23. The monoisotopic (exact) mass is 314 g/mol. The molecule has 0 aliphatic heterocycles. The maximum absolute atomic E-state index is 14.1. The molecule has 0 radical (unpaired) electrons. The fraction of sp³-hybridized carbons (Fsp3) is 0.158. The van der Waals surface area contributed by atoms with Crippen LogP contribution in [0, 0.1) is 11.7 Å². The SMILES string of the molecule is CC1C=CC=CC1c1cccc(-c2c(F)cccc2Cl)c1O. The molecule has 2 atom stereocenters. The van der Waals surface area contributed by atoms with Gasteiger partial charge < -0.3 is 5.11 Å². The van der Waals surface area contributed by atoms with Gasteiger partial charge in [0.1, 0.15) is 11.6 Å². The van der Waals surface area contributed by atoms with Gasteiger partial charge in [-0.05, 0) is 18.1 Å². The van der Waals surface area contributed by atoms with Gasteiger partial charge in [-0.25, -0.2) is 4.39 Å². The Morgan fingerprint density at radius 2 is 1.77 bits per heavy atom. The maximum Gasteiger partial charge on any atom is 0.132 e. The summed E-state index contributed by atoms with van der Waals surface area (Å²) >= 11 is 6.13. The van der Waals surface area contributed by atoms with E-state index >= 15 is 0 Å². The van der Waals surface area contributed by atoms with Crippen molar-refractivity contribution in [3.8, 4) is 16.9 Å². The van der Waals surface area contributed by atoms with E-state index in [1.165, 1.54) is 6.07 Å². The number of allylic oxidation sites excluding steroid dienone is 4. The van der Waals surface area contributed by atoms with Crippen LogP contribution in [0.15, 0.2) is 60.7 Å². The Bertz CT molecular complexity index is 744. The number of para-hydroxylation sites is 1. The Morgan fingerprint density at radius 1 is 1.05 bits per heavy atom. The first-order valence-corrected chi connectivity index (χ1v) is 7.58. The molecule has 0 saturated carbocycles. The molecule has 2 unspecified atom stereocenters. The molecule has 2 aromatic carbocycles. The summed E-state index contributed by atoms with van der Waals surface area (Å²) in [7, 11) is 0. The molecule has 1 nitrogen and oxygen atoms in total. The van der Waals surface area contributed by atoms with Crippen LogP contribution in [0.5, 0.6) is 5.75 Å². The molecule has 0 bridgehead atoms. The number of aromatic hydroxyl groups is 1. The predicted octanol–water partition coefficient (Wildman–Crippen LogP) is 5.70. The number of phenolic OH excluding ortho intramolecular Hbond substituents is 1. The minimum Gasteiger partial charge on any atom is -0.507 e. The zero-order chi connectivity index (χ0) is 15.7. The molecule has 3 heteroatoms. The van der Waals surface area contributed by atoms with Gasteiger partial charge >= 0.3 is 0 Å². The second kappa shape index (κ2) is 5.98. The van der Waals surface area contributed by atoms with Gasteiger partial charge in [0, 0.05) is 22.6 Å². The van der Waals surface area contributed by atoms with E-state index in [0.29, 0.717) is 10.6 Å². The van der Waals surface area contributed by atoms with Crippen LogP contribution >= 0.6 is 11.6 Å². The van der Waals surface area contributed by atoms with E-state index in [-0.39, 0.29) is 23.1 Å². The zero-order valence-electron chi connectivity index (χ0n) is 12.1. The third kappa shape index (κ3) is 2.55. The molecule has 0 fully saturated rings. The van der Waals surface area contributed by atoms with Crippen LogP contribution in [0.1, 0.15) is 18.4 Å². The normalized spacial score (nSPS) is 20.3. The fourth-order valence-electron chi connectivity index (χ4n) is 2.89. The first-order chi connectivity index (χ1) is 10.6. The predicted molar refractivity (Wildman–Crippen MR) is 88.7 cm³/mol. The lowest BCUT2D eigenvalue weighted by atomic mass is 9.82. The van der Waals surface area contributed by atoms with Crippen molar-refractivity contribution in [2.75, 3.05) is 0 Å². The van der Waals surface area contributed by atoms with Crippen molar-refractivity contribution in [3.05, 3.63) is 77.1 Å². The van der Waals surface area contributed by atoms with E-state index < -0.39 is 5.82 Å². The van der Waals surface area contributed by atoms with Crippen LogP contribution in [0.2, 0.25) is 5.02 Å². The molecular formula is C19H16ClFO. The number of rotatable bonds is 2. The van der Waals surface area contributed by atoms with Crippen LogP contribution < -0.4 is 0 Å². The van der Waals surface area contributed by atoms with E-state index in [1.54, 1.807) is 18.2 Å². The Balaban J connectivity index is 2.14.